The number of rotatable bonds is 26. The Morgan fingerprint density at radius 3 is 1.00 bits per heavy atom. The summed E-state index contributed by atoms with van der Waals surface area (Å²) in [6, 6.07) is 0. The van der Waals surface area contributed by atoms with Gasteiger partial charge in [-0.05, 0) is 33.0 Å². The summed E-state index contributed by atoms with van der Waals surface area (Å²) in [6.07, 6.45) is 33.3. The first kappa shape index (κ1) is 28.0. The topological polar surface area (TPSA) is 3.24 Å². The number of hydrogen-bond acceptors (Lipinski definition) is 1. The van der Waals surface area contributed by atoms with Gasteiger partial charge in [0.2, 0.25) is 0 Å². The van der Waals surface area contributed by atoms with Crippen molar-refractivity contribution in [3.8, 4) is 0 Å². The van der Waals surface area contributed by atoms with E-state index in [1.54, 1.807) is 0 Å². The molecule has 0 aliphatic heterocycles. The smallest absolute Gasteiger partial charge is 0.0430 e. The molecule has 0 fully saturated rings. The maximum atomic E-state index is 8.38. The number of hydrogen-bond donors (Lipinski definition) is 0. The molecule has 0 bridgehead atoms. The van der Waals surface area contributed by atoms with E-state index in [1.807, 2.05) is 0 Å². The van der Waals surface area contributed by atoms with Gasteiger partial charge in [-0.15, -0.1) is 0 Å². The van der Waals surface area contributed by atoms with Crippen LogP contribution >= 0.6 is 0 Å². The molecular weight excluding hydrogens is 362 g/mol. The predicted octanol–water partition coefficient (Wildman–Crippen LogP) is 10.3. The molecule has 0 aromatic rings. The standard InChI is InChI=1S/C29H61N/c1-4-6-8-10-12-14-16-18-20-22-24-26-28-30(3)29-27-25-23-21-19-17-15-13-11-9-7-5-2/h4-29H2,1-3H3/i28D. The monoisotopic (exact) mass is 424 g/mol. The molecular formula is C29H61N. The summed E-state index contributed by atoms with van der Waals surface area (Å²) in [4.78, 5) is 2.28. The van der Waals surface area contributed by atoms with Gasteiger partial charge >= 0.3 is 0 Å². The van der Waals surface area contributed by atoms with Gasteiger partial charge in [0.1, 0.15) is 0 Å². The molecule has 0 saturated carbocycles. The van der Waals surface area contributed by atoms with Crippen LogP contribution in [0.5, 0.6) is 0 Å². The van der Waals surface area contributed by atoms with Gasteiger partial charge in [0.25, 0.3) is 0 Å². The second-order valence-electron chi connectivity index (χ2n) is 9.88. The fraction of sp³-hybridized carbons (Fsp3) is 1.00. The molecule has 0 rings (SSSR count). The fourth-order valence-corrected chi connectivity index (χ4v) is 4.41. The minimum absolute atomic E-state index is 0.0197. The molecule has 30 heavy (non-hydrogen) atoms. The van der Waals surface area contributed by atoms with Crippen LogP contribution in [-0.2, 0) is 0 Å². The number of unbranched alkanes of at least 4 members (excludes halogenated alkanes) is 21. The molecule has 0 aliphatic carbocycles. The lowest BCUT2D eigenvalue weighted by Gasteiger charge is -2.16. The largest absolute Gasteiger partial charge is 0.306 e. The lowest BCUT2D eigenvalue weighted by Crippen LogP contribution is -2.20. The van der Waals surface area contributed by atoms with Crippen molar-refractivity contribution in [1.29, 1.82) is 0 Å². The summed E-state index contributed by atoms with van der Waals surface area (Å²) in [7, 11) is 2.16. The molecule has 0 aromatic heterocycles. The van der Waals surface area contributed by atoms with Gasteiger partial charge in [0.15, 0.2) is 0 Å². The van der Waals surface area contributed by atoms with Crippen LogP contribution in [0.15, 0.2) is 0 Å². The summed E-state index contributed by atoms with van der Waals surface area (Å²) >= 11 is 0. The molecule has 1 nitrogen and oxygen atoms in total. The van der Waals surface area contributed by atoms with Crippen LogP contribution in [0.3, 0.4) is 0 Å². The van der Waals surface area contributed by atoms with Crippen molar-refractivity contribution in [3.05, 3.63) is 0 Å². The van der Waals surface area contributed by atoms with Crippen LogP contribution < -0.4 is 0 Å². The third kappa shape index (κ3) is 26.0. The van der Waals surface area contributed by atoms with Crippen molar-refractivity contribution >= 4 is 0 Å². The molecule has 0 N–H and O–H groups in total. The molecule has 0 aliphatic rings. The van der Waals surface area contributed by atoms with Crippen molar-refractivity contribution in [3.63, 3.8) is 0 Å². The zero-order valence-corrected chi connectivity index (χ0v) is 21.7. The average molecular weight is 425 g/mol. The van der Waals surface area contributed by atoms with Crippen LogP contribution in [0.1, 0.15) is 169 Å². The molecule has 1 heteroatoms. The zero-order chi connectivity index (χ0) is 22.8. The molecule has 0 aromatic carbocycles. The van der Waals surface area contributed by atoms with Crippen LogP contribution in [-0.4, -0.2) is 25.0 Å². The predicted molar refractivity (Wildman–Crippen MR) is 140 cm³/mol. The maximum Gasteiger partial charge on any atom is 0.0430 e. The molecule has 0 spiro atoms. The van der Waals surface area contributed by atoms with Crippen molar-refractivity contribution in [1.82, 2.24) is 4.90 Å². The van der Waals surface area contributed by atoms with E-state index in [9.17, 15) is 0 Å². The van der Waals surface area contributed by atoms with E-state index in [4.69, 9.17) is 1.37 Å². The van der Waals surface area contributed by atoms with Gasteiger partial charge in [-0.1, -0.05) is 155 Å². The summed E-state index contributed by atoms with van der Waals surface area (Å²) in [5.41, 5.74) is 0. The number of nitrogens with zero attached hydrogens (tertiary/aromatic N) is 1. The Labute approximate surface area is 194 Å². The maximum absolute atomic E-state index is 8.38. The third-order valence-electron chi connectivity index (χ3n) is 6.61. The highest BCUT2D eigenvalue weighted by atomic mass is 15.1. The minimum Gasteiger partial charge on any atom is -0.306 e. The lowest BCUT2D eigenvalue weighted by atomic mass is 10.0. The Morgan fingerprint density at radius 1 is 0.400 bits per heavy atom. The van der Waals surface area contributed by atoms with Crippen molar-refractivity contribution in [2.24, 2.45) is 0 Å². The molecule has 182 valence electrons. The van der Waals surface area contributed by atoms with Gasteiger partial charge in [0.05, 0.1) is 0 Å². The zero-order valence-electron chi connectivity index (χ0n) is 22.7. The second kappa shape index (κ2) is 27.0. The summed E-state index contributed by atoms with van der Waals surface area (Å²) in [5, 5.41) is 0. The third-order valence-corrected chi connectivity index (χ3v) is 6.61. The van der Waals surface area contributed by atoms with E-state index in [0.717, 1.165) is 13.0 Å². The van der Waals surface area contributed by atoms with E-state index in [1.165, 1.54) is 148 Å². The molecule has 0 saturated heterocycles. The first-order chi connectivity index (χ1) is 15.2. The van der Waals surface area contributed by atoms with Crippen molar-refractivity contribution in [2.75, 3.05) is 20.1 Å². The van der Waals surface area contributed by atoms with Gasteiger partial charge < -0.3 is 4.90 Å². The summed E-state index contributed by atoms with van der Waals surface area (Å²) < 4.78 is 8.38. The molecule has 0 radical (unpaired) electrons. The van der Waals surface area contributed by atoms with Crippen LogP contribution in [0, 0.1) is 0 Å². The Morgan fingerprint density at radius 2 is 0.667 bits per heavy atom. The molecule has 1 unspecified atom stereocenters. The highest BCUT2D eigenvalue weighted by Gasteiger charge is 1.99. The lowest BCUT2D eigenvalue weighted by molar-refractivity contribution is 0.314. The Kier molecular flexibility index (Phi) is 25.2. The van der Waals surface area contributed by atoms with Crippen molar-refractivity contribution < 1.29 is 1.37 Å². The van der Waals surface area contributed by atoms with E-state index in [0.29, 0.717) is 0 Å². The van der Waals surface area contributed by atoms with Crippen LogP contribution in [0.2, 0.25) is 0 Å². The quantitative estimate of drug-likeness (QED) is 0.125. The van der Waals surface area contributed by atoms with Gasteiger partial charge in [-0.3, -0.25) is 0 Å². The summed E-state index contributed by atoms with van der Waals surface area (Å²) in [5.74, 6) is 0. The van der Waals surface area contributed by atoms with Crippen LogP contribution in [0.25, 0.3) is 0 Å². The van der Waals surface area contributed by atoms with E-state index in [-0.39, 0.29) is 6.52 Å². The Balaban J connectivity index is 3.29. The summed E-state index contributed by atoms with van der Waals surface area (Å²) in [6.45, 7) is 5.72. The molecule has 1 atom stereocenters. The highest BCUT2D eigenvalue weighted by molar-refractivity contribution is 4.55. The van der Waals surface area contributed by atoms with Gasteiger partial charge in [-0.2, -0.15) is 0 Å². The minimum atomic E-state index is 0.0197. The molecule has 0 heterocycles. The Bertz CT molecular complexity index is 320. The second-order valence-corrected chi connectivity index (χ2v) is 9.88. The van der Waals surface area contributed by atoms with E-state index >= 15 is 0 Å². The first-order valence-electron chi connectivity index (χ1n) is 14.9. The molecule has 0 amide bonds. The van der Waals surface area contributed by atoms with Crippen molar-refractivity contribution in [2.45, 2.75) is 168 Å². The van der Waals surface area contributed by atoms with E-state index in [2.05, 4.69) is 25.8 Å². The SMILES string of the molecule is [2H]C(CCCCCCCCCCCCC)N(C)CCCCCCCCCCCCCC. The van der Waals surface area contributed by atoms with E-state index < -0.39 is 0 Å². The first-order valence-corrected chi connectivity index (χ1v) is 14.3. The average Bonchev–Trinajstić information content (AvgIpc) is 2.77. The van der Waals surface area contributed by atoms with Crippen LogP contribution in [0.4, 0.5) is 0 Å². The van der Waals surface area contributed by atoms with Gasteiger partial charge in [0, 0.05) is 1.37 Å². The highest BCUT2D eigenvalue weighted by Crippen LogP contribution is 2.13. The van der Waals surface area contributed by atoms with Gasteiger partial charge in [-0.25, -0.2) is 0 Å². The fourth-order valence-electron chi connectivity index (χ4n) is 4.41. The normalized spacial score (nSPS) is 13.1. The Hall–Kier alpha value is -0.0400.